The summed E-state index contributed by atoms with van der Waals surface area (Å²) in [6.07, 6.45) is -2.97. The molecule has 2 aromatic heterocycles. The van der Waals surface area contributed by atoms with Gasteiger partial charge in [0.05, 0.1) is 18.9 Å². The topological polar surface area (TPSA) is 89.2 Å². The van der Waals surface area contributed by atoms with Gasteiger partial charge in [0.25, 0.3) is 0 Å². The number of halogens is 3. The maximum atomic E-state index is 12.7. The van der Waals surface area contributed by atoms with Gasteiger partial charge in [-0.15, -0.1) is 0 Å². The van der Waals surface area contributed by atoms with Crippen LogP contribution in [-0.2, 0) is 24.0 Å². The summed E-state index contributed by atoms with van der Waals surface area (Å²) < 4.78 is 47.7. The lowest BCUT2D eigenvalue weighted by atomic mass is 10.1. The Morgan fingerprint density at radius 2 is 1.56 bits per heavy atom. The molecule has 0 spiro atoms. The van der Waals surface area contributed by atoms with Crippen molar-refractivity contribution in [1.82, 2.24) is 25.0 Å². The van der Waals surface area contributed by atoms with E-state index in [1.807, 2.05) is 6.07 Å². The Hall–Kier alpha value is -3.83. The van der Waals surface area contributed by atoms with E-state index in [0.29, 0.717) is 18.1 Å². The van der Waals surface area contributed by atoms with Crippen molar-refractivity contribution in [1.29, 1.82) is 0 Å². The molecule has 0 radical (unpaired) electrons. The SMILES string of the molecule is FC(F)(F)c1nc(-c2ccc(CNc3nccc(-c4ccc(CN5CCOCC5)cc4)n3)cc2)no1. The molecule has 2 aromatic carbocycles. The molecule has 0 saturated carbocycles. The lowest BCUT2D eigenvalue weighted by Crippen LogP contribution is -2.35. The molecule has 1 N–H and O–H groups in total. The third-order valence-electron chi connectivity index (χ3n) is 5.75. The second-order valence-corrected chi connectivity index (χ2v) is 8.32. The molecule has 0 amide bonds. The van der Waals surface area contributed by atoms with Crippen LogP contribution in [-0.4, -0.2) is 51.3 Å². The molecule has 0 aliphatic carbocycles. The summed E-state index contributed by atoms with van der Waals surface area (Å²) >= 11 is 0. The molecule has 1 aliphatic heterocycles. The number of alkyl halides is 3. The summed E-state index contributed by atoms with van der Waals surface area (Å²) in [6.45, 7) is 4.78. The first-order chi connectivity index (χ1) is 17.4. The fourth-order valence-corrected chi connectivity index (χ4v) is 3.81. The molecule has 4 aromatic rings. The molecule has 1 aliphatic rings. The fourth-order valence-electron chi connectivity index (χ4n) is 3.81. The Kier molecular flexibility index (Phi) is 6.92. The number of benzene rings is 2. The highest BCUT2D eigenvalue weighted by atomic mass is 19.4. The second-order valence-electron chi connectivity index (χ2n) is 8.32. The largest absolute Gasteiger partial charge is 0.471 e. The smallest absolute Gasteiger partial charge is 0.379 e. The minimum atomic E-state index is -4.67. The van der Waals surface area contributed by atoms with Crippen LogP contribution in [0.5, 0.6) is 0 Å². The van der Waals surface area contributed by atoms with Crippen LogP contribution < -0.4 is 5.32 Å². The van der Waals surface area contributed by atoms with Crippen molar-refractivity contribution in [3.63, 3.8) is 0 Å². The number of ether oxygens (including phenoxy) is 1. The second kappa shape index (κ2) is 10.4. The normalized spacial score (nSPS) is 14.6. The predicted octanol–water partition coefficient (Wildman–Crippen LogP) is 4.66. The van der Waals surface area contributed by atoms with Crippen LogP contribution in [0.25, 0.3) is 22.6 Å². The molecule has 8 nitrogen and oxygen atoms in total. The van der Waals surface area contributed by atoms with Crippen LogP contribution in [0.3, 0.4) is 0 Å². The number of aromatic nitrogens is 4. The van der Waals surface area contributed by atoms with Crippen molar-refractivity contribution >= 4 is 5.95 Å². The van der Waals surface area contributed by atoms with E-state index in [-0.39, 0.29) is 5.82 Å². The summed E-state index contributed by atoms with van der Waals surface area (Å²) in [4.78, 5) is 14.7. The summed E-state index contributed by atoms with van der Waals surface area (Å²) in [5.41, 5.74) is 4.35. The first-order valence-electron chi connectivity index (χ1n) is 11.4. The van der Waals surface area contributed by atoms with Gasteiger partial charge in [0.1, 0.15) is 0 Å². The van der Waals surface area contributed by atoms with Crippen molar-refractivity contribution in [2.75, 3.05) is 31.6 Å². The van der Waals surface area contributed by atoms with Gasteiger partial charge in [-0.2, -0.15) is 18.2 Å². The number of nitrogens with zero attached hydrogens (tertiary/aromatic N) is 5. The van der Waals surface area contributed by atoms with Gasteiger partial charge in [0, 0.05) is 43.5 Å². The van der Waals surface area contributed by atoms with Crippen LogP contribution in [0.2, 0.25) is 0 Å². The maximum absolute atomic E-state index is 12.7. The Balaban J connectivity index is 1.19. The summed E-state index contributed by atoms with van der Waals surface area (Å²) in [5, 5.41) is 6.58. The number of morpholine rings is 1. The van der Waals surface area contributed by atoms with Crippen molar-refractivity contribution in [3.8, 4) is 22.6 Å². The van der Waals surface area contributed by atoms with Crippen molar-refractivity contribution < 1.29 is 22.4 Å². The number of anilines is 1. The van der Waals surface area contributed by atoms with Crippen LogP contribution in [0.1, 0.15) is 17.0 Å². The highest BCUT2D eigenvalue weighted by Gasteiger charge is 2.38. The van der Waals surface area contributed by atoms with Gasteiger partial charge in [0.15, 0.2) is 0 Å². The zero-order valence-electron chi connectivity index (χ0n) is 19.2. The van der Waals surface area contributed by atoms with E-state index in [2.05, 4.69) is 59.1 Å². The lowest BCUT2D eigenvalue weighted by Gasteiger charge is -2.26. The highest BCUT2D eigenvalue weighted by Crippen LogP contribution is 2.29. The molecule has 0 atom stereocenters. The quantitative estimate of drug-likeness (QED) is 0.395. The summed E-state index contributed by atoms with van der Waals surface area (Å²) in [7, 11) is 0. The van der Waals surface area contributed by atoms with Gasteiger partial charge in [-0.25, -0.2) is 9.97 Å². The average molecular weight is 496 g/mol. The van der Waals surface area contributed by atoms with E-state index in [1.54, 1.807) is 30.5 Å². The van der Waals surface area contributed by atoms with Gasteiger partial charge in [-0.3, -0.25) is 4.90 Å². The van der Waals surface area contributed by atoms with Crippen molar-refractivity contribution in [2.45, 2.75) is 19.3 Å². The van der Waals surface area contributed by atoms with Crippen molar-refractivity contribution in [2.24, 2.45) is 0 Å². The van der Waals surface area contributed by atoms with Crippen molar-refractivity contribution in [3.05, 3.63) is 77.8 Å². The third-order valence-corrected chi connectivity index (χ3v) is 5.75. The summed E-state index contributed by atoms with van der Waals surface area (Å²) in [5.74, 6) is -1.01. The summed E-state index contributed by atoms with van der Waals surface area (Å²) in [6, 6.07) is 17.0. The number of hydrogen-bond acceptors (Lipinski definition) is 8. The minimum absolute atomic E-state index is 0.117. The molecular formula is C25H23F3N6O2. The highest BCUT2D eigenvalue weighted by molar-refractivity contribution is 5.60. The van der Waals surface area contributed by atoms with Gasteiger partial charge in [-0.05, 0) is 17.2 Å². The molecule has 0 bridgehead atoms. The Labute approximate surface area is 205 Å². The van der Waals surface area contributed by atoms with Gasteiger partial charge in [-0.1, -0.05) is 53.7 Å². The van der Waals surface area contributed by atoms with Crippen LogP contribution in [0.4, 0.5) is 19.1 Å². The fraction of sp³-hybridized carbons (Fsp3) is 0.280. The molecule has 3 heterocycles. The van der Waals surface area contributed by atoms with E-state index < -0.39 is 12.1 Å². The molecule has 36 heavy (non-hydrogen) atoms. The Morgan fingerprint density at radius 1 is 0.861 bits per heavy atom. The van der Waals surface area contributed by atoms with E-state index in [9.17, 15) is 13.2 Å². The molecule has 186 valence electrons. The average Bonchev–Trinajstić information content (AvgIpc) is 3.40. The Bertz CT molecular complexity index is 1290. The van der Waals surface area contributed by atoms with Crippen LogP contribution in [0, 0.1) is 0 Å². The zero-order valence-corrected chi connectivity index (χ0v) is 19.2. The zero-order chi connectivity index (χ0) is 25.0. The third kappa shape index (κ3) is 5.86. The number of nitrogens with one attached hydrogen (secondary N) is 1. The molecule has 1 saturated heterocycles. The number of rotatable bonds is 7. The monoisotopic (exact) mass is 496 g/mol. The molecule has 0 unspecified atom stereocenters. The lowest BCUT2D eigenvalue weighted by molar-refractivity contribution is -0.159. The molecule has 11 heteroatoms. The van der Waals surface area contributed by atoms with E-state index in [0.717, 1.165) is 49.7 Å². The van der Waals surface area contributed by atoms with Gasteiger partial charge >= 0.3 is 12.1 Å². The predicted molar refractivity (Wildman–Crippen MR) is 126 cm³/mol. The molecular weight excluding hydrogens is 473 g/mol. The standard InChI is InChI=1S/C25H23F3N6O2/c26-25(27,28)23-32-22(33-36-23)20-7-1-17(2-8-20)15-30-24-29-10-9-21(31-24)19-5-3-18(4-6-19)16-34-11-13-35-14-12-34/h1-10H,11-16H2,(H,29,30,31). The maximum Gasteiger partial charge on any atom is 0.471 e. The Morgan fingerprint density at radius 3 is 2.25 bits per heavy atom. The van der Waals surface area contributed by atoms with E-state index >= 15 is 0 Å². The van der Waals surface area contributed by atoms with E-state index in [4.69, 9.17) is 4.74 Å². The van der Waals surface area contributed by atoms with Crippen LogP contribution >= 0.6 is 0 Å². The first-order valence-corrected chi connectivity index (χ1v) is 11.4. The van der Waals surface area contributed by atoms with Crippen LogP contribution in [0.15, 0.2) is 65.3 Å². The minimum Gasteiger partial charge on any atom is -0.379 e. The number of hydrogen-bond donors (Lipinski definition) is 1. The van der Waals surface area contributed by atoms with Gasteiger partial charge < -0.3 is 14.6 Å². The molecule has 5 rings (SSSR count). The molecule has 1 fully saturated rings. The first kappa shape index (κ1) is 23.9. The van der Waals surface area contributed by atoms with E-state index in [1.165, 1.54) is 5.56 Å². The van der Waals surface area contributed by atoms with Gasteiger partial charge in [0.2, 0.25) is 11.8 Å².